The van der Waals surface area contributed by atoms with E-state index in [1.165, 1.54) is 19.3 Å². The largest absolute Gasteiger partial charge is 0.392 e. The van der Waals surface area contributed by atoms with E-state index in [2.05, 4.69) is 12.7 Å². The Kier molecular flexibility index (Phi) is 3.37. The van der Waals surface area contributed by atoms with Gasteiger partial charge in [-0.1, -0.05) is 18.2 Å². The Bertz CT molecular complexity index is 149. The van der Waals surface area contributed by atoms with Crippen LogP contribution in [0.1, 0.15) is 19.3 Å². The van der Waals surface area contributed by atoms with Crippen LogP contribution in [0.4, 0.5) is 0 Å². The van der Waals surface area contributed by atoms with E-state index in [9.17, 15) is 0 Å². The molecule has 1 N–H and O–H groups in total. The average Bonchev–Trinajstić information content (AvgIpc) is 2.48. The molecule has 0 aromatic carbocycles. The molecule has 2 atom stereocenters. The summed E-state index contributed by atoms with van der Waals surface area (Å²) in [6.07, 6.45) is 9.77. The lowest BCUT2D eigenvalue weighted by atomic mass is 10.0. The van der Waals surface area contributed by atoms with Crippen LogP contribution in [0.3, 0.4) is 0 Å². The van der Waals surface area contributed by atoms with Crippen molar-refractivity contribution in [3.8, 4) is 0 Å². The molecule has 11 heavy (non-hydrogen) atoms. The normalized spacial score (nSPS) is 31.4. The SMILES string of the molecule is C=C[C@H]1CC[C@@H](C=CCO)C1. The highest BCUT2D eigenvalue weighted by atomic mass is 16.2. The predicted molar refractivity (Wildman–Crippen MR) is 47.3 cm³/mol. The molecule has 0 saturated heterocycles. The second kappa shape index (κ2) is 4.35. The Morgan fingerprint density at radius 1 is 1.36 bits per heavy atom. The third-order valence-electron chi connectivity index (χ3n) is 2.36. The second-order valence-electron chi connectivity index (χ2n) is 3.18. The molecule has 0 aromatic rings. The van der Waals surface area contributed by atoms with Gasteiger partial charge in [0.2, 0.25) is 0 Å². The molecule has 1 fully saturated rings. The first-order chi connectivity index (χ1) is 5.36. The van der Waals surface area contributed by atoms with Gasteiger partial charge in [-0.25, -0.2) is 0 Å². The number of rotatable bonds is 3. The van der Waals surface area contributed by atoms with Crippen LogP contribution in [0.25, 0.3) is 0 Å². The molecular weight excluding hydrogens is 136 g/mol. The summed E-state index contributed by atoms with van der Waals surface area (Å²) in [5.41, 5.74) is 0. The zero-order valence-electron chi connectivity index (χ0n) is 6.87. The van der Waals surface area contributed by atoms with E-state index < -0.39 is 0 Å². The van der Waals surface area contributed by atoms with Crippen LogP contribution in [-0.4, -0.2) is 11.7 Å². The van der Waals surface area contributed by atoms with Crippen LogP contribution in [0.5, 0.6) is 0 Å². The number of allylic oxidation sites excluding steroid dienone is 2. The van der Waals surface area contributed by atoms with Gasteiger partial charge in [0.15, 0.2) is 0 Å². The van der Waals surface area contributed by atoms with E-state index >= 15 is 0 Å². The smallest absolute Gasteiger partial charge is 0.0612 e. The molecule has 0 heterocycles. The standard InChI is InChI=1S/C10H16O/c1-2-9-5-6-10(8-9)4-3-7-11/h2-4,9-11H,1,5-8H2/t9-,10+/m0/s1. The van der Waals surface area contributed by atoms with E-state index in [-0.39, 0.29) is 6.61 Å². The maximum Gasteiger partial charge on any atom is 0.0612 e. The molecule has 0 aromatic heterocycles. The minimum absolute atomic E-state index is 0.176. The summed E-state index contributed by atoms with van der Waals surface area (Å²) in [4.78, 5) is 0. The Morgan fingerprint density at radius 2 is 2.09 bits per heavy atom. The Morgan fingerprint density at radius 3 is 2.64 bits per heavy atom. The third kappa shape index (κ3) is 2.51. The van der Waals surface area contributed by atoms with Gasteiger partial charge in [0, 0.05) is 0 Å². The lowest BCUT2D eigenvalue weighted by Crippen LogP contribution is -1.90. The van der Waals surface area contributed by atoms with E-state index in [1.54, 1.807) is 0 Å². The van der Waals surface area contributed by atoms with Crippen molar-refractivity contribution in [2.45, 2.75) is 19.3 Å². The van der Waals surface area contributed by atoms with E-state index in [0.717, 1.165) is 0 Å². The number of aliphatic hydroxyl groups excluding tert-OH is 1. The first-order valence-electron chi connectivity index (χ1n) is 4.27. The molecule has 0 unspecified atom stereocenters. The number of hydrogen-bond acceptors (Lipinski definition) is 1. The Balaban J connectivity index is 2.29. The molecule has 62 valence electrons. The maximum atomic E-state index is 8.54. The van der Waals surface area contributed by atoms with Gasteiger partial charge in [-0.2, -0.15) is 0 Å². The molecule has 1 heteroatoms. The van der Waals surface area contributed by atoms with Gasteiger partial charge < -0.3 is 5.11 Å². The van der Waals surface area contributed by atoms with Gasteiger partial charge in [0.05, 0.1) is 6.61 Å². The minimum atomic E-state index is 0.176. The molecular formula is C10H16O. The molecule has 0 spiro atoms. The van der Waals surface area contributed by atoms with Crippen LogP contribution in [0.2, 0.25) is 0 Å². The van der Waals surface area contributed by atoms with Gasteiger partial charge in [-0.3, -0.25) is 0 Å². The van der Waals surface area contributed by atoms with Crippen molar-refractivity contribution >= 4 is 0 Å². The molecule has 1 saturated carbocycles. The summed E-state index contributed by atoms with van der Waals surface area (Å²) in [5.74, 6) is 1.40. The van der Waals surface area contributed by atoms with Gasteiger partial charge >= 0.3 is 0 Å². The fourth-order valence-corrected chi connectivity index (χ4v) is 1.69. The molecule has 1 nitrogen and oxygen atoms in total. The van der Waals surface area contributed by atoms with Gasteiger partial charge in [0.1, 0.15) is 0 Å². The summed E-state index contributed by atoms with van der Waals surface area (Å²) in [6, 6.07) is 0. The number of aliphatic hydroxyl groups is 1. The summed E-state index contributed by atoms with van der Waals surface area (Å²) < 4.78 is 0. The van der Waals surface area contributed by atoms with Crippen LogP contribution < -0.4 is 0 Å². The molecule has 0 amide bonds. The van der Waals surface area contributed by atoms with E-state index in [4.69, 9.17) is 5.11 Å². The lowest BCUT2D eigenvalue weighted by Gasteiger charge is -2.01. The zero-order chi connectivity index (χ0) is 8.10. The quantitative estimate of drug-likeness (QED) is 0.614. The molecule has 1 aliphatic rings. The van der Waals surface area contributed by atoms with E-state index in [0.29, 0.717) is 11.8 Å². The third-order valence-corrected chi connectivity index (χ3v) is 2.36. The van der Waals surface area contributed by atoms with Crippen molar-refractivity contribution < 1.29 is 5.11 Å². The monoisotopic (exact) mass is 152 g/mol. The molecule has 1 aliphatic carbocycles. The van der Waals surface area contributed by atoms with Crippen molar-refractivity contribution in [2.75, 3.05) is 6.61 Å². The topological polar surface area (TPSA) is 20.2 Å². The summed E-state index contributed by atoms with van der Waals surface area (Å²) >= 11 is 0. The van der Waals surface area contributed by atoms with Gasteiger partial charge in [0.25, 0.3) is 0 Å². The summed E-state index contributed by atoms with van der Waals surface area (Å²) in [7, 11) is 0. The van der Waals surface area contributed by atoms with Gasteiger partial charge in [-0.15, -0.1) is 6.58 Å². The zero-order valence-corrected chi connectivity index (χ0v) is 6.87. The van der Waals surface area contributed by atoms with Crippen LogP contribution in [0.15, 0.2) is 24.8 Å². The maximum absolute atomic E-state index is 8.54. The summed E-state index contributed by atoms with van der Waals surface area (Å²) in [5, 5.41) is 8.54. The highest BCUT2D eigenvalue weighted by Gasteiger charge is 2.19. The van der Waals surface area contributed by atoms with Crippen LogP contribution in [0, 0.1) is 11.8 Å². The average molecular weight is 152 g/mol. The van der Waals surface area contributed by atoms with Crippen molar-refractivity contribution in [3.05, 3.63) is 24.8 Å². The fourth-order valence-electron chi connectivity index (χ4n) is 1.69. The highest BCUT2D eigenvalue weighted by Crippen LogP contribution is 2.31. The first kappa shape index (κ1) is 8.54. The van der Waals surface area contributed by atoms with Gasteiger partial charge in [-0.05, 0) is 31.1 Å². The Labute approximate surface area is 68.4 Å². The Hall–Kier alpha value is -0.560. The molecule has 0 bridgehead atoms. The van der Waals surface area contributed by atoms with Crippen LogP contribution in [-0.2, 0) is 0 Å². The van der Waals surface area contributed by atoms with Crippen molar-refractivity contribution in [1.82, 2.24) is 0 Å². The second-order valence-corrected chi connectivity index (χ2v) is 3.18. The first-order valence-corrected chi connectivity index (χ1v) is 4.27. The highest BCUT2D eigenvalue weighted by molar-refractivity contribution is 4.96. The fraction of sp³-hybridized carbons (Fsp3) is 0.600. The molecule has 0 aliphatic heterocycles. The lowest BCUT2D eigenvalue weighted by molar-refractivity contribution is 0.341. The predicted octanol–water partition coefficient (Wildman–Crippen LogP) is 2.14. The summed E-state index contributed by atoms with van der Waals surface area (Å²) in [6.45, 7) is 3.96. The van der Waals surface area contributed by atoms with Crippen LogP contribution >= 0.6 is 0 Å². The van der Waals surface area contributed by atoms with Crippen molar-refractivity contribution in [2.24, 2.45) is 11.8 Å². The van der Waals surface area contributed by atoms with E-state index in [1.807, 2.05) is 12.2 Å². The van der Waals surface area contributed by atoms with Crippen molar-refractivity contribution in [1.29, 1.82) is 0 Å². The van der Waals surface area contributed by atoms with Crippen molar-refractivity contribution in [3.63, 3.8) is 0 Å². The number of hydrogen-bond donors (Lipinski definition) is 1. The molecule has 0 radical (unpaired) electrons. The minimum Gasteiger partial charge on any atom is -0.392 e. The molecule has 1 rings (SSSR count).